The topological polar surface area (TPSA) is 71.8 Å². The van der Waals surface area contributed by atoms with Crippen LogP contribution in [0.15, 0.2) is 10.9 Å². The fourth-order valence-corrected chi connectivity index (χ4v) is 2.06. The molecular formula is C10H15N3O. The minimum Gasteiger partial charge on any atom is -0.319 e. The zero-order chi connectivity index (χ0) is 10.2. The second-order valence-corrected chi connectivity index (χ2v) is 4.10. The molecule has 1 aliphatic carbocycles. The van der Waals surface area contributed by atoms with Crippen LogP contribution in [0.25, 0.3) is 0 Å². The van der Waals surface area contributed by atoms with E-state index in [4.69, 9.17) is 5.73 Å². The summed E-state index contributed by atoms with van der Waals surface area (Å²) in [7, 11) is 0. The number of aryl methyl sites for hydroxylation is 1. The molecule has 4 nitrogen and oxygen atoms in total. The van der Waals surface area contributed by atoms with E-state index in [1.807, 2.05) is 6.92 Å². The minimum absolute atomic E-state index is 0.107. The third-order valence-electron chi connectivity index (χ3n) is 2.84. The normalized spacial score (nSPS) is 19.9. The molecule has 1 aromatic rings. The van der Waals surface area contributed by atoms with Gasteiger partial charge in [-0.05, 0) is 19.8 Å². The van der Waals surface area contributed by atoms with E-state index in [0.717, 1.165) is 31.4 Å². The average molecular weight is 193 g/mol. The number of aromatic amines is 1. The van der Waals surface area contributed by atoms with Crippen LogP contribution in [0.4, 0.5) is 0 Å². The van der Waals surface area contributed by atoms with Gasteiger partial charge in [-0.15, -0.1) is 0 Å². The fraction of sp³-hybridized carbons (Fsp3) is 0.600. The summed E-state index contributed by atoms with van der Waals surface area (Å²) in [6, 6.07) is 1.49. The van der Waals surface area contributed by atoms with Gasteiger partial charge in [0.1, 0.15) is 5.82 Å². The summed E-state index contributed by atoms with van der Waals surface area (Å²) in [6.07, 6.45) is 4.07. The van der Waals surface area contributed by atoms with Gasteiger partial charge < -0.3 is 10.7 Å². The lowest BCUT2D eigenvalue weighted by Crippen LogP contribution is -2.37. The maximum atomic E-state index is 11.3. The number of nitrogens with two attached hydrogens (primary N) is 1. The molecule has 1 aliphatic rings. The summed E-state index contributed by atoms with van der Waals surface area (Å²) in [5.74, 6) is 0.653. The molecule has 2 rings (SSSR count). The van der Waals surface area contributed by atoms with E-state index in [-0.39, 0.29) is 5.56 Å². The highest BCUT2D eigenvalue weighted by atomic mass is 16.1. The molecule has 0 unspecified atom stereocenters. The van der Waals surface area contributed by atoms with E-state index in [2.05, 4.69) is 9.97 Å². The van der Waals surface area contributed by atoms with Crippen LogP contribution in [0.5, 0.6) is 0 Å². The second kappa shape index (κ2) is 3.20. The first-order valence-corrected chi connectivity index (χ1v) is 4.97. The van der Waals surface area contributed by atoms with Gasteiger partial charge in [-0.3, -0.25) is 4.79 Å². The molecule has 1 aromatic heterocycles. The van der Waals surface area contributed by atoms with Gasteiger partial charge in [0.25, 0.3) is 5.56 Å². The van der Waals surface area contributed by atoms with Crippen LogP contribution in [0, 0.1) is 6.92 Å². The Morgan fingerprint density at radius 2 is 2.14 bits per heavy atom. The lowest BCUT2D eigenvalue weighted by molar-refractivity contribution is 0.428. The zero-order valence-corrected chi connectivity index (χ0v) is 8.34. The number of hydrogen-bond acceptors (Lipinski definition) is 3. The van der Waals surface area contributed by atoms with Gasteiger partial charge in [0.15, 0.2) is 0 Å². The largest absolute Gasteiger partial charge is 0.319 e. The summed E-state index contributed by atoms with van der Waals surface area (Å²) < 4.78 is 0. The second-order valence-electron chi connectivity index (χ2n) is 4.10. The van der Waals surface area contributed by atoms with E-state index >= 15 is 0 Å². The lowest BCUT2D eigenvalue weighted by Gasteiger charge is -2.22. The maximum absolute atomic E-state index is 11.3. The Morgan fingerprint density at radius 1 is 1.50 bits per heavy atom. The molecule has 0 spiro atoms. The Labute approximate surface area is 82.6 Å². The van der Waals surface area contributed by atoms with Crippen LogP contribution in [0.3, 0.4) is 0 Å². The molecule has 0 aliphatic heterocycles. The summed E-state index contributed by atoms with van der Waals surface area (Å²) in [6.45, 7) is 1.82. The standard InChI is InChI=1S/C10H15N3O/c1-7-6-8(14)13-9(12-7)10(11)4-2-3-5-10/h6H,2-5,11H2,1H3,(H,12,13,14). The summed E-state index contributed by atoms with van der Waals surface area (Å²) in [5.41, 5.74) is 6.42. The molecule has 0 aromatic carbocycles. The molecule has 1 fully saturated rings. The van der Waals surface area contributed by atoms with Gasteiger partial charge in [-0.1, -0.05) is 12.8 Å². The van der Waals surface area contributed by atoms with Crippen molar-refractivity contribution in [2.45, 2.75) is 38.1 Å². The molecule has 0 radical (unpaired) electrons. The first-order chi connectivity index (χ1) is 6.60. The zero-order valence-electron chi connectivity index (χ0n) is 8.34. The van der Waals surface area contributed by atoms with E-state index in [0.29, 0.717) is 5.82 Å². The average Bonchev–Trinajstić information content (AvgIpc) is 2.52. The Morgan fingerprint density at radius 3 is 2.71 bits per heavy atom. The van der Waals surface area contributed by atoms with Crippen LogP contribution < -0.4 is 11.3 Å². The van der Waals surface area contributed by atoms with E-state index in [1.165, 1.54) is 6.07 Å². The predicted molar refractivity (Wildman–Crippen MR) is 53.9 cm³/mol. The van der Waals surface area contributed by atoms with Crippen molar-refractivity contribution in [3.05, 3.63) is 27.9 Å². The highest BCUT2D eigenvalue weighted by molar-refractivity contribution is 5.10. The van der Waals surface area contributed by atoms with Crippen molar-refractivity contribution in [3.8, 4) is 0 Å². The third-order valence-corrected chi connectivity index (χ3v) is 2.84. The molecule has 1 heterocycles. The third kappa shape index (κ3) is 1.57. The van der Waals surface area contributed by atoms with E-state index in [1.54, 1.807) is 0 Å². The molecule has 0 atom stereocenters. The molecule has 1 saturated carbocycles. The van der Waals surface area contributed by atoms with Crippen molar-refractivity contribution in [1.82, 2.24) is 9.97 Å². The van der Waals surface area contributed by atoms with Gasteiger partial charge in [-0.2, -0.15) is 0 Å². The van der Waals surface area contributed by atoms with Crippen molar-refractivity contribution in [2.24, 2.45) is 5.73 Å². The van der Waals surface area contributed by atoms with Gasteiger partial charge >= 0.3 is 0 Å². The van der Waals surface area contributed by atoms with E-state index < -0.39 is 5.54 Å². The number of H-pyrrole nitrogens is 1. The predicted octanol–water partition coefficient (Wildman–Crippen LogP) is 0.806. The first kappa shape index (κ1) is 9.40. The number of rotatable bonds is 1. The fourth-order valence-electron chi connectivity index (χ4n) is 2.06. The molecule has 4 heteroatoms. The summed E-state index contributed by atoms with van der Waals surface area (Å²) in [4.78, 5) is 18.3. The minimum atomic E-state index is -0.398. The Kier molecular flexibility index (Phi) is 2.15. The van der Waals surface area contributed by atoms with Crippen LogP contribution in [0.2, 0.25) is 0 Å². The van der Waals surface area contributed by atoms with Crippen molar-refractivity contribution >= 4 is 0 Å². The van der Waals surface area contributed by atoms with Crippen LogP contribution in [-0.4, -0.2) is 9.97 Å². The van der Waals surface area contributed by atoms with Crippen molar-refractivity contribution in [1.29, 1.82) is 0 Å². The Balaban J connectivity index is 2.45. The smallest absolute Gasteiger partial charge is 0.251 e. The molecule has 0 bridgehead atoms. The first-order valence-electron chi connectivity index (χ1n) is 4.97. The lowest BCUT2D eigenvalue weighted by atomic mass is 9.98. The van der Waals surface area contributed by atoms with E-state index in [9.17, 15) is 4.79 Å². The SMILES string of the molecule is Cc1cc(=O)[nH]c(C2(N)CCCC2)n1. The summed E-state index contributed by atoms with van der Waals surface area (Å²) >= 11 is 0. The Bertz CT molecular complexity index is 391. The highest BCUT2D eigenvalue weighted by Gasteiger charge is 2.33. The van der Waals surface area contributed by atoms with Gasteiger partial charge in [-0.25, -0.2) is 4.98 Å². The number of aromatic nitrogens is 2. The molecule has 0 saturated heterocycles. The quantitative estimate of drug-likeness (QED) is 0.693. The van der Waals surface area contributed by atoms with Crippen molar-refractivity contribution in [3.63, 3.8) is 0 Å². The monoisotopic (exact) mass is 193 g/mol. The van der Waals surface area contributed by atoms with Crippen LogP contribution in [-0.2, 0) is 5.54 Å². The highest BCUT2D eigenvalue weighted by Crippen LogP contribution is 2.33. The maximum Gasteiger partial charge on any atom is 0.251 e. The Hall–Kier alpha value is -1.16. The summed E-state index contributed by atoms with van der Waals surface area (Å²) in [5, 5.41) is 0. The van der Waals surface area contributed by atoms with Crippen molar-refractivity contribution in [2.75, 3.05) is 0 Å². The van der Waals surface area contributed by atoms with Crippen molar-refractivity contribution < 1.29 is 0 Å². The number of hydrogen-bond donors (Lipinski definition) is 2. The van der Waals surface area contributed by atoms with Gasteiger partial charge in [0.2, 0.25) is 0 Å². The molecule has 3 N–H and O–H groups in total. The number of nitrogens with zero attached hydrogens (tertiary/aromatic N) is 1. The van der Waals surface area contributed by atoms with Gasteiger partial charge in [0.05, 0.1) is 5.54 Å². The van der Waals surface area contributed by atoms with Gasteiger partial charge in [0, 0.05) is 11.8 Å². The molecule has 76 valence electrons. The molecular weight excluding hydrogens is 178 g/mol. The van der Waals surface area contributed by atoms with Crippen LogP contribution in [0.1, 0.15) is 37.2 Å². The van der Waals surface area contributed by atoms with Crippen LogP contribution >= 0.6 is 0 Å². The molecule has 0 amide bonds. The number of nitrogens with one attached hydrogen (secondary N) is 1. The molecule has 14 heavy (non-hydrogen) atoms.